The van der Waals surface area contributed by atoms with Gasteiger partial charge in [-0.15, -0.1) is 0 Å². The van der Waals surface area contributed by atoms with Crippen molar-refractivity contribution in [3.8, 4) is 11.1 Å². The predicted molar refractivity (Wildman–Crippen MR) is 113 cm³/mol. The number of nitrogens with one attached hydrogen (secondary N) is 1. The number of ether oxygens (including phenoxy) is 1. The maximum atomic E-state index is 14.9. The summed E-state index contributed by atoms with van der Waals surface area (Å²) in [5.41, 5.74) is 2.15. The number of pyridine rings is 1. The zero-order valence-corrected chi connectivity index (χ0v) is 17.0. The molecule has 10 heteroatoms. The molecule has 0 unspecified atom stereocenters. The third-order valence-corrected chi connectivity index (χ3v) is 5.54. The topological polar surface area (TPSA) is 101 Å². The molecule has 1 atom stereocenters. The third kappa shape index (κ3) is 3.86. The van der Waals surface area contributed by atoms with Crippen molar-refractivity contribution in [2.24, 2.45) is 0 Å². The Balaban J connectivity index is 1.28. The Kier molecular flexibility index (Phi) is 5.18. The Bertz CT molecular complexity index is 1140. The minimum absolute atomic E-state index is 0.197. The molecule has 0 radical (unpaired) electrons. The van der Waals surface area contributed by atoms with Gasteiger partial charge in [0.1, 0.15) is 24.0 Å². The van der Waals surface area contributed by atoms with Gasteiger partial charge in [-0.2, -0.15) is 0 Å². The molecule has 1 aromatic carbocycles. The Morgan fingerprint density at radius 2 is 2.06 bits per heavy atom. The highest BCUT2D eigenvalue weighted by Gasteiger charge is 2.32. The van der Waals surface area contributed by atoms with E-state index in [2.05, 4.69) is 15.5 Å². The number of halogens is 1. The monoisotopic (exact) mass is 437 g/mol. The summed E-state index contributed by atoms with van der Waals surface area (Å²) in [6.07, 6.45) is 3.45. The van der Waals surface area contributed by atoms with Crippen molar-refractivity contribution in [1.29, 1.82) is 0 Å². The third-order valence-electron chi connectivity index (χ3n) is 5.54. The second kappa shape index (κ2) is 8.29. The van der Waals surface area contributed by atoms with Gasteiger partial charge in [0.05, 0.1) is 17.9 Å². The number of aryl methyl sites for hydroxylation is 1. The first kappa shape index (κ1) is 20.0. The van der Waals surface area contributed by atoms with Crippen LogP contribution in [-0.4, -0.2) is 48.0 Å². The number of urea groups is 1. The minimum Gasteiger partial charge on any atom is -0.444 e. The van der Waals surface area contributed by atoms with Gasteiger partial charge in [-0.25, -0.2) is 19.0 Å². The number of anilines is 2. The summed E-state index contributed by atoms with van der Waals surface area (Å²) in [5, 5.41) is 6.56. The van der Waals surface area contributed by atoms with Crippen LogP contribution in [0.1, 0.15) is 12.1 Å². The molecule has 2 fully saturated rings. The highest BCUT2D eigenvalue weighted by atomic mass is 19.1. The molecule has 0 spiro atoms. The first-order valence-corrected chi connectivity index (χ1v) is 10.3. The Morgan fingerprint density at radius 1 is 1.16 bits per heavy atom. The number of rotatable bonds is 6. The molecule has 1 N–H and O–H groups in total. The molecule has 9 nitrogen and oxygen atoms in total. The summed E-state index contributed by atoms with van der Waals surface area (Å²) in [7, 11) is 0. The maximum absolute atomic E-state index is 14.9. The second-order valence-electron chi connectivity index (χ2n) is 7.60. The van der Waals surface area contributed by atoms with Crippen molar-refractivity contribution in [3.63, 3.8) is 0 Å². The number of benzene rings is 1. The number of cyclic esters (lactones) is 1. The average molecular weight is 437 g/mol. The minimum atomic E-state index is -0.503. The summed E-state index contributed by atoms with van der Waals surface area (Å²) >= 11 is 0. The van der Waals surface area contributed by atoms with E-state index in [1.165, 1.54) is 28.3 Å². The molecule has 2 aromatic heterocycles. The molecular weight excluding hydrogens is 417 g/mol. The van der Waals surface area contributed by atoms with Crippen LogP contribution in [0.25, 0.3) is 11.1 Å². The van der Waals surface area contributed by atoms with Crippen molar-refractivity contribution >= 4 is 23.6 Å². The zero-order chi connectivity index (χ0) is 22.1. The van der Waals surface area contributed by atoms with Gasteiger partial charge in [0.25, 0.3) is 0 Å². The number of hydrogen-bond acceptors (Lipinski definition) is 6. The van der Waals surface area contributed by atoms with Gasteiger partial charge < -0.3 is 14.6 Å². The van der Waals surface area contributed by atoms with Crippen LogP contribution in [0.15, 0.2) is 53.4 Å². The predicted octanol–water partition coefficient (Wildman–Crippen LogP) is 3.36. The van der Waals surface area contributed by atoms with Crippen molar-refractivity contribution in [3.05, 3.63) is 60.4 Å². The van der Waals surface area contributed by atoms with Crippen LogP contribution in [0.5, 0.6) is 0 Å². The van der Waals surface area contributed by atoms with Crippen LogP contribution >= 0.6 is 0 Å². The highest BCUT2D eigenvalue weighted by Crippen LogP contribution is 2.30. The Labute approximate surface area is 182 Å². The van der Waals surface area contributed by atoms with Crippen LogP contribution in [0.3, 0.4) is 0 Å². The fourth-order valence-electron chi connectivity index (χ4n) is 3.86. The summed E-state index contributed by atoms with van der Waals surface area (Å²) in [6.45, 7) is 1.45. The molecule has 0 saturated carbocycles. The van der Waals surface area contributed by atoms with E-state index in [9.17, 15) is 14.0 Å². The molecular formula is C22H20FN5O4. The zero-order valence-electron chi connectivity index (χ0n) is 17.0. The fourth-order valence-corrected chi connectivity index (χ4v) is 3.86. The van der Waals surface area contributed by atoms with Crippen molar-refractivity contribution < 1.29 is 23.2 Å². The van der Waals surface area contributed by atoms with E-state index in [4.69, 9.17) is 9.26 Å². The lowest BCUT2D eigenvalue weighted by Gasteiger charge is -2.15. The molecule has 4 heterocycles. The molecule has 0 aliphatic carbocycles. The number of hydrogen-bond donors (Lipinski definition) is 1. The van der Waals surface area contributed by atoms with Crippen molar-refractivity contribution in [1.82, 2.24) is 15.5 Å². The van der Waals surface area contributed by atoms with E-state index in [1.54, 1.807) is 30.3 Å². The number of carbonyl (C=O) groups excluding carboxylic acids is 2. The van der Waals surface area contributed by atoms with Gasteiger partial charge in [0.15, 0.2) is 0 Å². The van der Waals surface area contributed by atoms with Crippen LogP contribution in [0.2, 0.25) is 0 Å². The van der Waals surface area contributed by atoms with Crippen LogP contribution in [0.4, 0.5) is 25.5 Å². The van der Waals surface area contributed by atoms with E-state index < -0.39 is 11.9 Å². The molecule has 2 aliphatic rings. The quantitative estimate of drug-likeness (QED) is 0.635. The maximum Gasteiger partial charge on any atom is 0.414 e. The molecule has 32 heavy (non-hydrogen) atoms. The first-order valence-electron chi connectivity index (χ1n) is 10.3. The number of nitrogens with zero attached hydrogens (tertiary/aromatic N) is 4. The second-order valence-corrected chi connectivity index (χ2v) is 7.60. The van der Waals surface area contributed by atoms with E-state index in [0.29, 0.717) is 55.1 Å². The summed E-state index contributed by atoms with van der Waals surface area (Å²) < 4.78 is 25.1. The van der Waals surface area contributed by atoms with Crippen LogP contribution < -0.4 is 15.1 Å². The van der Waals surface area contributed by atoms with E-state index in [1.807, 2.05) is 0 Å². The molecule has 164 valence electrons. The largest absolute Gasteiger partial charge is 0.444 e. The van der Waals surface area contributed by atoms with E-state index >= 15 is 0 Å². The van der Waals surface area contributed by atoms with Gasteiger partial charge in [-0.3, -0.25) is 9.80 Å². The van der Waals surface area contributed by atoms with Gasteiger partial charge >= 0.3 is 12.1 Å². The lowest BCUT2D eigenvalue weighted by Crippen LogP contribution is -2.28. The number of carbonyl (C=O) groups is 2. The van der Waals surface area contributed by atoms with Crippen molar-refractivity contribution in [2.45, 2.75) is 18.9 Å². The summed E-state index contributed by atoms with van der Waals surface area (Å²) in [6, 6.07) is 9.59. The Morgan fingerprint density at radius 3 is 2.75 bits per heavy atom. The van der Waals surface area contributed by atoms with Gasteiger partial charge in [0.2, 0.25) is 0 Å². The van der Waals surface area contributed by atoms with Crippen molar-refractivity contribution in [2.75, 3.05) is 29.4 Å². The smallest absolute Gasteiger partial charge is 0.414 e. The van der Waals surface area contributed by atoms with E-state index in [-0.39, 0.29) is 12.1 Å². The molecule has 2 aliphatic heterocycles. The summed E-state index contributed by atoms with van der Waals surface area (Å²) in [4.78, 5) is 31.3. The summed E-state index contributed by atoms with van der Waals surface area (Å²) in [5.74, 6) is 0.0343. The molecule has 2 saturated heterocycles. The van der Waals surface area contributed by atoms with Gasteiger partial charge in [-0.1, -0.05) is 5.16 Å². The standard InChI is InChI=1S/C22H20FN5O4/c23-19-11-16(28-13-17(32-22(28)30)4-2-15-7-10-31-26-15)3-5-18(19)14-1-6-20(25-12-14)27-9-8-24-21(27)29/h1,3,5-7,10-12,17H,2,4,8-9,13H2,(H,24,29)/t17-/m0/s1. The molecule has 0 bridgehead atoms. The lowest BCUT2D eigenvalue weighted by molar-refractivity contribution is 0.136. The number of aromatic nitrogens is 2. The first-order chi connectivity index (χ1) is 15.6. The van der Waals surface area contributed by atoms with E-state index in [0.717, 1.165) is 5.69 Å². The average Bonchev–Trinajstić information content (AvgIpc) is 3.54. The van der Waals surface area contributed by atoms with Crippen LogP contribution in [-0.2, 0) is 11.2 Å². The molecule has 5 rings (SSSR count). The molecule has 3 aromatic rings. The van der Waals surface area contributed by atoms with Crippen LogP contribution in [0, 0.1) is 5.82 Å². The lowest BCUT2D eigenvalue weighted by atomic mass is 10.1. The number of amides is 3. The normalized spacial score (nSPS) is 18.2. The fraction of sp³-hybridized carbons (Fsp3) is 0.273. The highest BCUT2D eigenvalue weighted by molar-refractivity contribution is 5.93. The SMILES string of the molecule is O=C1O[C@@H](CCc2ccon2)CN1c1ccc(-c2ccc(N3CCNC3=O)nc2)c(F)c1. The van der Waals surface area contributed by atoms with Gasteiger partial charge in [-0.05, 0) is 43.2 Å². The molecule has 3 amide bonds. The van der Waals surface area contributed by atoms with Gasteiger partial charge in [0, 0.05) is 36.5 Å². The Hall–Kier alpha value is -3.95.